The first-order valence-electron chi connectivity index (χ1n) is 10.1. The maximum absolute atomic E-state index is 12.9. The van der Waals surface area contributed by atoms with Gasteiger partial charge in [0.1, 0.15) is 6.04 Å². The van der Waals surface area contributed by atoms with Gasteiger partial charge < -0.3 is 20.0 Å². The monoisotopic (exact) mass is 410 g/mol. The Morgan fingerprint density at radius 1 is 1.20 bits per heavy atom. The van der Waals surface area contributed by atoms with E-state index in [-0.39, 0.29) is 24.2 Å². The first kappa shape index (κ1) is 18.7. The standard InChI is InChI=1S/C20H22N6O4/c27-16-4-3-15(17(28)23-16)26-10-13-2-1-11(7-14(13)19(26)29)8-22-20-25-24-18(30-20)12-5-6-21-9-12/h1-2,7,12,15,21H,3-6,8-10H2,(H,22,25)(H,23,27,28). The number of fused-ring (bicyclic) bond motifs is 1. The zero-order valence-corrected chi connectivity index (χ0v) is 16.3. The molecule has 0 bridgehead atoms. The highest BCUT2D eigenvalue weighted by Gasteiger charge is 2.39. The predicted octanol–water partition coefficient (Wildman–Crippen LogP) is 0.520. The second-order valence-corrected chi connectivity index (χ2v) is 7.88. The minimum atomic E-state index is -0.605. The molecule has 2 unspecified atom stereocenters. The van der Waals surface area contributed by atoms with Crippen LogP contribution in [-0.4, -0.2) is 52.0 Å². The van der Waals surface area contributed by atoms with Crippen molar-refractivity contribution < 1.29 is 18.8 Å². The largest absolute Gasteiger partial charge is 0.408 e. The molecule has 10 nitrogen and oxygen atoms in total. The number of carbonyl (C=O) groups is 3. The van der Waals surface area contributed by atoms with Crippen LogP contribution in [0.4, 0.5) is 6.01 Å². The fourth-order valence-corrected chi connectivity index (χ4v) is 4.23. The quantitative estimate of drug-likeness (QED) is 0.609. The number of hydrogen-bond donors (Lipinski definition) is 3. The Morgan fingerprint density at radius 2 is 2.10 bits per heavy atom. The van der Waals surface area contributed by atoms with Crippen molar-refractivity contribution >= 4 is 23.7 Å². The molecule has 3 N–H and O–H groups in total. The van der Waals surface area contributed by atoms with Crippen molar-refractivity contribution in [1.29, 1.82) is 0 Å². The number of rotatable bonds is 5. The van der Waals surface area contributed by atoms with Crippen LogP contribution in [0.5, 0.6) is 0 Å². The van der Waals surface area contributed by atoms with Crippen molar-refractivity contribution in [3.8, 4) is 0 Å². The van der Waals surface area contributed by atoms with E-state index in [1.165, 1.54) is 0 Å². The molecule has 2 saturated heterocycles. The molecule has 1 aromatic carbocycles. The number of carbonyl (C=O) groups excluding carboxylic acids is 3. The molecule has 10 heteroatoms. The van der Waals surface area contributed by atoms with Gasteiger partial charge in [0.25, 0.3) is 5.91 Å². The molecule has 5 rings (SSSR count). The summed E-state index contributed by atoms with van der Waals surface area (Å²) in [6.07, 6.45) is 1.59. The molecular formula is C20H22N6O4. The first-order valence-corrected chi connectivity index (χ1v) is 10.1. The van der Waals surface area contributed by atoms with Gasteiger partial charge >= 0.3 is 6.01 Å². The zero-order valence-electron chi connectivity index (χ0n) is 16.3. The van der Waals surface area contributed by atoms with E-state index in [9.17, 15) is 14.4 Å². The molecular weight excluding hydrogens is 388 g/mol. The highest BCUT2D eigenvalue weighted by molar-refractivity contribution is 6.05. The molecule has 0 radical (unpaired) electrons. The number of anilines is 1. The van der Waals surface area contributed by atoms with Crippen molar-refractivity contribution in [3.05, 3.63) is 40.8 Å². The number of nitrogens with zero attached hydrogens (tertiary/aromatic N) is 3. The maximum Gasteiger partial charge on any atom is 0.315 e. The number of aromatic nitrogens is 2. The van der Waals surface area contributed by atoms with Gasteiger partial charge in [-0.2, -0.15) is 0 Å². The Morgan fingerprint density at radius 3 is 2.90 bits per heavy atom. The van der Waals surface area contributed by atoms with E-state index in [1.807, 2.05) is 18.2 Å². The summed E-state index contributed by atoms with van der Waals surface area (Å²) >= 11 is 0. The van der Waals surface area contributed by atoms with Crippen LogP contribution in [0.2, 0.25) is 0 Å². The number of benzene rings is 1. The van der Waals surface area contributed by atoms with Gasteiger partial charge in [0.2, 0.25) is 17.7 Å². The first-order chi connectivity index (χ1) is 14.6. The van der Waals surface area contributed by atoms with Gasteiger partial charge in [0.05, 0.1) is 5.92 Å². The normalized spacial score (nSPS) is 23.6. The van der Waals surface area contributed by atoms with Crippen LogP contribution in [0.25, 0.3) is 0 Å². The number of hydrogen-bond acceptors (Lipinski definition) is 8. The molecule has 2 atom stereocenters. The molecule has 3 amide bonds. The highest BCUT2D eigenvalue weighted by atomic mass is 16.4. The lowest BCUT2D eigenvalue weighted by atomic mass is 10.0. The minimum Gasteiger partial charge on any atom is -0.408 e. The van der Waals surface area contributed by atoms with Crippen molar-refractivity contribution in [2.45, 2.75) is 44.3 Å². The lowest BCUT2D eigenvalue weighted by Crippen LogP contribution is -2.52. The average molecular weight is 410 g/mol. The van der Waals surface area contributed by atoms with Gasteiger partial charge in [-0.3, -0.25) is 19.7 Å². The molecule has 0 aliphatic carbocycles. The van der Waals surface area contributed by atoms with Gasteiger partial charge in [-0.05, 0) is 36.6 Å². The SMILES string of the molecule is O=C1CCC(N2Cc3ccc(CNc4nnc(C5CCNC5)o4)cc3C2=O)C(=O)N1. The molecule has 30 heavy (non-hydrogen) atoms. The molecule has 3 aliphatic heterocycles. The highest BCUT2D eigenvalue weighted by Crippen LogP contribution is 2.28. The summed E-state index contributed by atoms with van der Waals surface area (Å²) in [6, 6.07) is 5.42. The summed E-state index contributed by atoms with van der Waals surface area (Å²) in [5.41, 5.74) is 2.36. The molecule has 0 spiro atoms. The van der Waals surface area contributed by atoms with Gasteiger partial charge in [-0.15, -0.1) is 5.10 Å². The average Bonchev–Trinajstić information content (AvgIpc) is 3.47. The third kappa shape index (κ3) is 3.43. The van der Waals surface area contributed by atoms with Crippen molar-refractivity contribution in [3.63, 3.8) is 0 Å². The van der Waals surface area contributed by atoms with E-state index in [1.54, 1.807) is 4.90 Å². The van der Waals surface area contributed by atoms with E-state index in [0.717, 1.165) is 30.6 Å². The molecule has 1 aromatic heterocycles. The second kappa shape index (κ2) is 7.52. The van der Waals surface area contributed by atoms with Crippen molar-refractivity contribution in [2.75, 3.05) is 18.4 Å². The molecule has 0 saturated carbocycles. The fourth-order valence-electron chi connectivity index (χ4n) is 4.23. The molecule has 156 valence electrons. The summed E-state index contributed by atoms with van der Waals surface area (Å²) < 4.78 is 5.70. The van der Waals surface area contributed by atoms with Crippen LogP contribution in [0, 0.1) is 0 Å². The Bertz CT molecular complexity index is 1010. The summed E-state index contributed by atoms with van der Waals surface area (Å²) in [4.78, 5) is 38.0. The van der Waals surface area contributed by atoms with Gasteiger partial charge in [0.15, 0.2) is 0 Å². The molecule has 2 fully saturated rings. The van der Waals surface area contributed by atoms with E-state index in [4.69, 9.17) is 4.42 Å². The Balaban J connectivity index is 1.25. The van der Waals surface area contributed by atoms with Crippen molar-refractivity contribution in [2.24, 2.45) is 0 Å². The van der Waals surface area contributed by atoms with Gasteiger partial charge in [-0.1, -0.05) is 17.2 Å². The van der Waals surface area contributed by atoms with Crippen LogP contribution in [0.15, 0.2) is 22.6 Å². The van der Waals surface area contributed by atoms with Crippen LogP contribution >= 0.6 is 0 Å². The van der Waals surface area contributed by atoms with Gasteiger partial charge in [-0.25, -0.2) is 0 Å². The molecule has 4 heterocycles. The number of amides is 3. The fraction of sp³-hybridized carbons (Fsp3) is 0.450. The van der Waals surface area contributed by atoms with E-state index >= 15 is 0 Å². The second-order valence-electron chi connectivity index (χ2n) is 7.88. The van der Waals surface area contributed by atoms with E-state index < -0.39 is 11.9 Å². The lowest BCUT2D eigenvalue weighted by molar-refractivity contribution is -0.136. The molecule has 3 aliphatic rings. The van der Waals surface area contributed by atoms with E-state index in [0.29, 0.717) is 37.0 Å². The lowest BCUT2D eigenvalue weighted by Gasteiger charge is -2.29. The summed E-state index contributed by atoms with van der Waals surface area (Å²) in [7, 11) is 0. The van der Waals surface area contributed by atoms with Crippen LogP contribution < -0.4 is 16.0 Å². The smallest absolute Gasteiger partial charge is 0.315 e. The Hall–Kier alpha value is -3.27. The van der Waals surface area contributed by atoms with E-state index in [2.05, 4.69) is 26.1 Å². The number of imide groups is 1. The predicted molar refractivity (Wildman–Crippen MR) is 104 cm³/mol. The Kier molecular flexibility index (Phi) is 4.70. The zero-order chi connectivity index (χ0) is 20.7. The van der Waals surface area contributed by atoms with Crippen LogP contribution in [0.1, 0.15) is 52.6 Å². The van der Waals surface area contributed by atoms with Crippen LogP contribution in [0.3, 0.4) is 0 Å². The Labute approximate surface area is 172 Å². The topological polar surface area (TPSA) is 129 Å². The maximum atomic E-state index is 12.9. The van der Waals surface area contributed by atoms with Gasteiger partial charge in [0, 0.05) is 31.6 Å². The summed E-state index contributed by atoms with van der Waals surface area (Å²) in [5, 5.41) is 16.9. The third-order valence-electron chi connectivity index (χ3n) is 5.89. The third-order valence-corrected chi connectivity index (χ3v) is 5.89. The number of piperidine rings is 1. The van der Waals surface area contributed by atoms with Crippen LogP contribution in [-0.2, 0) is 22.7 Å². The van der Waals surface area contributed by atoms with Crippen molar-refractivity contribution in [1.82, 2.24) is 25.7 Å². The minimum absolute atomic E-state index is 0.185. The summed E-state index contributed by atoms with van der Waals surface area (Å²) in [5.74, 6) is 0.00621. The summed E-state index contributed by atoms with van der Waals surface area (Å²) in [6.45, 7) is 2.60. The number of nitrogens with one attached hydrogen (secondary N) is 3. The molecule has 2 aromatic rings.